The molecule has 5 nitrogen and oxygen atoms in total. The lowest BCUT2D eigenvalue weighted by atomic mass is 10.1. The fourth-order valence-electron chi connectivity index (χ4n) is 2.97. The average molecular weight is 390 g/mol. The lowest BCUT2D eigenvalue weighted by Crippen LogP contribution is -2.06. The number of para-hydroxylation sites is 2. The molecule has 1 aliphatic heterocycles. The number of carbonyl (C=O) groups excluding carboxylic acids is 1. The molecule has 3 aromatic rings. The topological polar surface area (TPSA) is 70.9 Å². The second kappa shape index (κ2) is 7.70. The predicted octanol–water partition coefficient (Wildman–Crippen LogP) is 5.63. The normalized spacial score (nSPS) is 13.5. The highest BCUT2D eigenvalue weighted by Gasteiger charge is 2.25. The molecule has 28 heavy (non-hydrogen) atoms. The number of carbonyl (C=O) groups is 1. The fraction of sp³-hybridized carbons (Fsp3) is 0.0909. The number of aliphatic imine (C=N–C) groups is 1. The molecule has 0 aliphatic carbocycles. The lowest BCUT2D eigenvalue weighted by Gasteiger charge is -2.07. The molecule has 0 fully saturated rings. The summed E-state index contributed by atoms with van der Waals surface area (Å²) in [5.41, 5.74) is 3.73. The summed E-state index contributed by atoms with van der Waals surface area (Å²) in [6, 6.07) is 17.3. The Morgan fingerprint density at radius 1 is 1.18 bits per heavy atom. The molecule has 2 N–H and O–H groups in total. The molecule has 6 heteroatoms. The van der Waals surface area contributed by atoms with Crippen LogP contribution in [0.5, 0.6) is 5.75 Å². The Hall–Kier alpha value is -3.38. The van der Waals surface area contributed by atoms with Gasteiger partial charge in [0.05, 0.1) is 17.2 Å². The van der Waals surface area contributed by atoms with E-state index in [9.17, 15) is 9.90 Å². The quantitative estimate of drug-likeness (QED) is 0.554. The number of benzene rings is 2. The van der Waals surface area contributed by atoms with Crippen molar-refractivity contribution >= 4 is 51.5 Å². The van der Waals surface area contributed by atoms with Crippen molar-refractivity contribution in [3.63, 3.8) is 0 Å². The van der Waals surface area contributed by atoms with E-state index >= 15 is 0 Å². The van der Waals surface area contributed by atoms with Gasteiger partial charge in [-0.3, -0.25) is 4.99 Å². The number of hydrogen-bond acceptors (Lipinski definition) is 6. The molecule has 1 aliphatic rings. The second-order valence-electron chi connectivity index (χ2n) is 6.11. The summed E-state index contributed by atoms with van der Waals surface area (Å²) in [4.78, 5) is 17.4. The van der Waals surface area contributed by atoms with Crippen molar-refractivity contribution in [1.29, 1.82) is 0 Å². The summed E-state index contributed by atoms with van der Waals surface area (Å²) in [7, 11) is 0. The van der Waals surface area contributed by atoms with Crippen LogP contribution in [0.4, 0.5) is 16.4 Å². The van der Waals surface area contributed by atoms with Gasteiger partial charge in [-0.2, -0.15) is 0 Å². The lowest BCUT2D eigenvalue weighted by molar-refractivity contribution is 0.0525. The summed E-state index contributed by atoms with van der Waals surface area (Å²) >= 11 is 1.30. The number of allylic oxidation sites excluding steroid dienone is 1. The van der Waals surface area contributed by atoms with E-state index in [0.29, 0.717) is 9.88 Å². The smallest absolute Gasteiger partial charge is 0.344 e. The van der Waals surface area contributed by atoms with Gasteiger partial charge in [0.2, 0.25) is 0 Å². The van der Waals surface area contributed by atoms with E-state index in [4.69, 9.17) is 4.74 Å². The van der Waals surface area contributed by atoms with E-state index < -0.39 is 5.97 Å². The molecular weight excluding hydrogens is 372 g/mol. The number of rotatable bonds is 5. The maximum atomic E-state index is 12.5. The summed E-state index contributed by atoms with van der Waals surface area (Å²) < 4.78 is 5.15. The third-order valence-electron chi connectivity index (χ3n) is 4.26. The first kappa shape index (κ1) is 18.0. The van der Waals surface area contributed by atoms with Gasteiger partial charge in [0.15, 0.2) is 0 Å². The molecule has 2 heterocycles. The number of nitrogens with one attached hydrogen (secondary N) is 1. The zero-order valence-electron chi connectivity index (χ0n) is 15.2. The van der Waals surface area contributed by atoms with Gasteiger partial charge in [0, 0.05) is 23.0 Å². The van der Waals surface area contributed by atoms with Crippen molar-refractivity contribution in [3.05, 3.63) is 70.6 Å². The van der Waals surface area contributed by atoms with Crippen LogP contribution in [-0.2, 0) is 4.74 Å². The van der Waals surface area contributed by atoms with Crippen LogP contribution in [0, 0.1) is 0 Å². The zero-order valence-corrected chi connectivity index (χ0v) is 16.0. The Labute approximate surface area is 166 Å². The highest BCUT2D eigenvalue weighted by molar-refractivity contribution is 7.18. The van der Waals surface area contributed by atoms with Crippen LogP contribution in [0.3, 0.4) is 0 Å². The van der Waals surface area contributed by atoms with Crippen molar-refractivity contribution < 1.29 is 14.6 Å². The highest BCUT2D eigenvalue weighted by atomic mass is 32.1. The number of thiophene rings is 1. The first-order valence-corrected chi connectivity index (χ1v) is 9.69. The molecule has 1 aromatic heterocycles. The van der Waals surface area contributed by atoms with Gasteiger partial charge in [-0.15, -0.1) is 11.3 Å². The van der Waals surface area contributed by atoms with Crippen molar-refractivity contribution in [3.8, 4) is 5.75 Å². The number of anilines is 2. The van der Waals surface area contributed by atoms with Gasteiger partial charge >= 0.3 is 5.97 Å². The van der Waals surface area contributed by atoms with Gasteiger partial charge in [0.1, 0.15) is 16.3 Å². The molecule has 0 saturated heterocycles. The van der Waals surface area contributed by atoms with Crippen molar-refractivity contribution in [1.82, 2.24) is 0 Å². The number of hydrogen-bond donors (Lipinski definition) is 2. The van der Waals surface area contributed by atoms with Crippen LogP contribution in [0.1, 0.15) is 27.7 Å². The molecule has 0 bridgehead atoms. The monoisotopic (exact) mass is 390 g/mol. The maximum Gasteiger partial charge on any atom is 0.344 e. The molecule has 0 atom stereocenters. The Bertz CT molecular complexity index is 1080. The average Bonchev–Trinajstić information content (AvgIpc) is 3.24. The Kier molecular flexibility index (Phi) is 4.95. The molecule has 0 spiro atoms. The van der Waals surface area contributed by atoms with E-state index in [1.54, 1.807) is 13.1 Å². The Morgan fingerprint density at radius 2 is 1.93 bits per heavy atom. The van der Waals surface area contributed by atoms with Crippen LogP contribution >= 0.6 is 11.3 Å². The third-order valence-corrected chi connectivity index (χ3v) is 5.31. The van der Waals surface area contributed by atoms with E-state index in [1.807, 2.05) is 60.7 Å². The number of fused-ring (bicyclic) bond motifs is 1. The van der Waals surface area contributed by atoms with E-state index in [2.05, 4.69) is 10.3 Å². The summed E-state index contributed by atoms with van der Waals surface area (Å²) in [5, 5.41) is 14.5. The summed E-state index contributed by atoms with van der Waals surface area (Å²) in [6.07, 6.45) is 3.60. The molecule has 4 rings (SSSR count). The molecule has 140 valence electrons. The minimum atomic E-state index is -0.556. The highest BCUT2D eigenvalue weighted by Crippen LogP contribution is 2.43. The second-order valence-corrected chi connectivity index (χ2v) is 7.16. The molecule has 0 amide bonds. The molecule has 2 aromatic carbocycles. The van der Waals surface area contributed by atoms with Crippen LogP contribution in [-0.4, -0.2) is 23.9 Å². The van der Waals surface area contributed by atoms with Crippen molar-refractivity contribution in [2.75, 3.05) is 11.9 Å². The number of esters is 1. The minimum Gasteiger partial charge on any atom is -0.505 e. The predicted molar refractivity (Wildman–Crippen MR) is 114 cm³/mol. The van der Waals surface area contributed by atoms with Crippen molar-refractivity contribution in [2.24, 2.45) is 4.99 Å². The SMILES string of the molecule is CCOC(=O)c1c(Nc2ccccc2)sc(/C=C2\C=Nc3ccccc32)c1O. The first-order chi connectivity index (χ1) is 13.7. The molecular formula is C22H18N2O3S. The van der Waals surface area contributed by atoms with E-state index in [1.165, 1.54) is 11.3 Å². The van der Waals surface area contributed by atoms with E-state index in [0.717, 1.165) is 22.5 Å². The minimum absolute atomic E-state index is 0.0906. The Morgan fingerprint density at radius 3 is 2.71 bits per heavy atom. The van der Waals surface area contributed by atoms with Gasteiger partial charge in [-0.05, 0) is 31.2 Å². The Balaban J connectivity index is 1.77. The van der Waals surface area contributed by atoms with Crippen LogP contribution in [0.15, 0.2) is 59.6 Å². The molecule has 0 radical (unpaired) electrons. The van der Waals surface area contributed by atoms with Gasteiger partial charge in [0.25, 0.3) is 0 Å². The summed E-state index contributed by atoms with van der Waals surface area (Å²) in [6.45, 7) is 1.97. The fourth-order valence-corrected chi connectivity index (χ4v) is 4.02. The van der Waals surface area contributed by atoms with Crippen LogP contribution in [0.25, 0.3) is 11.6 Å². The maximum absolute atomic E-state index is 12.5. The number of nitrogens with zero attached hydrogens (tertiary/aromatic N) is 1. The largest absolute Gasteiger partial charge is 0.505 e. The van der Waals surface area contributed by atoms with Crippen LogP contribution < -0.4 is 5.32 Å². The third kappa shape index (κ3) is 3.42. The first-order valence-electron chi connectivity index (χ1n) is 8.87. The number of aromatic hydroxyl groups is 1. The molecule has 0 saturated carbocycles. The van der Waals surface area contributed by atoms with Gasteiger partial charge in [-0.1, -0.05) is 36.4 Å². The molecule has 0 unspecified atom stereocenters. The van der Waals surface area contributed by atoms with E-state index in [-0.39, 0.29) is 17.9 Å². The standard InChI is InChI=1S/C22H18N2O3S/c1-2-27-22(26)19-20(25)18(28-21(19)24-15-8-4-3-5-9-15)12-14-13-23-17-11-7-6-10-16(14)17/h3-13,24-25H,2H2,1H3/b14-12+. The van der Waals surface area contributed by atoms with Crippen LogP contribution in [0.2, 0.25) is 0 Å². The van der Waals surface area contributed by atoms with Gasteiger partial charge in [-0.25, -0.2) is 4.79 Å². The summed E-state index contributed by atoms with van der Waals surface area (Å²) in [5.74, 6) is -0.646. The van der Waals surface area contributed by atoms with Crippen molar-refractivity contribution in [2.45, 2.75) is 6.92 Å². The zero-order chi connectivity index (χ0) is 19.5. The number of ether oxygens (including phenoxy) is 1. The van der Waals surface area contributed by atoms with Gasteiger partial charge < -0.3 is 15.2 Å².